The van der Waals surface area contributed by atoms with Crippen LogP contribution in [-0.4, -0.2) is 34.1 Å². The molecule has 1 heterocycles. The molecular formula is C32H39N3O3. The molecule has 2 N–H and O–H groups in total. The molecule has 0 saturated heterocycles. The number of aliphatic hydroxyl groups excluding tert-OH is 1. The average molecular weight is 514 g/mol. The molecule has 6 nitrogen and oxygen atoms in total. The number of rotatable bonds is 8. The number of anilines is 1. The van der Waals surface area contributed by atoms with Gasteiger partial charge in [0.05, 0.1) is 0 Å². The van der Waals surface area contributed by atoms with Crippen LogP contribution in [0.25, 0.3) is 0 Å². The Morgan fingerprint density at radius 2 is 1.84 bits per heavy atom. The summed E-state index contributed by atoms with van der Waals surface area (Å²) in [5.41, 5.74) is 2.31. The number of nitrogens with zero attached hydrogens (tertiary/aromatic N) is 2. The SMILES string of the molecule is C#C/C=C(\C=C/C)[C@@H](O)C(=O)N(c1ccc(C(C)(C)C)cc1)C(C(=O)NC1CCCCC1)c1cccnc1. The van der Waals surface area contributed by atoms with Crippen molar-refractivity contribution in [3.63, 3.8) is 0 Å². The highest BCUT2D eigenvalue weighted by Crippen LogP contribution is 2.32. The molecular weight excluding hydrogens is 474 g/mol. The Morgan fingerprint density at radius 3 is 2.39 bits per heavy atom. The van der Waals surface area contributed by atoms with Crippen LogP contribution in [0.4, 0.5) is 5.69 Å². The summed E-state index contributed by atoms with van der Waals surface area (Å²) in [5, 5.41) is 14.4. The number of allylic oxidation sites excluding steroid dienone is 2. The van der Waals surface area contributed by atoms with Crippen LogP contribution in [0.3, 0.4) is 0 Å². The summed E-state index contributed by atoms with van der Waals surface area (Å²) >= 11 is 0. The molecule has 6 heteroatoms. The van der Waals surface area contributed by atoms with Crippen LogP contribution in [0.1, 0.15) is 77.0 Å². The van der Waals surface area contributed by atoms with Gasteiger partial charge in [0.25, 0.3) is 5.91 Å². The molecule has 0 bridgehead atoms. The minimum Gasteiger partial charge on any atom is -0.378 e. The van der Waals surface area contributed by atoms with Crippen molar-refractivity contribution >= 4 is 17.5 Å². The standard InChI is InChI=1S/C32H39N3O3/c1-6-12-23(13-7-2)29(36)31(38)35(27-19-17-25(18-20-27)32(3,4)5)28(24-14-11-21-33-22-24)30(37)34-26-15-9-8-10-16-26/h1,7,11-14,17-22,26,28-29,36H,8-10,15-16H2,2-5H3,(H,34,37)/b13-7-,23-12+/t28?,29-/m1/s1. The summed E-state index contributed by atoms with van der Waals surface area (Å²) in [6.07, 6.45) is 16.9. The first-order valence-electron chi connectivity index (χ1n) is 13.3. The predicted molar refractivity (Wildman–Crippen MR) is 152 cm³/mol. The lowest BCUT2D eigenvalue weighted by Crippen LogP contribution is -2.50. The van der Waals surface area contributed by atoms with Gasteiger partial charge >= 0.3 is 0 Å². The Morgan fingerprint density at radius 1 is 1.16 bits per heavy atom. The monoisotopic (exact) mass is 513 g/mol. The number of carbonyl (C=O) groups excluding carboxylic acids is 2. The van der Waals surface area contributed by atoms with Crippen molar-refractivity contribution in [2.24, 2.45) is 0 Å². The molecule has 1 aliphatic carbocycles. The van der Waals surface area contributed by atoms with E-state index in [2.05, 4.69) is 37.0 Å². The number of terminal acetylenes is 1. The fourth-order valence-electron chi connectivity index (χ4n) is 4.79. The van der Waals surface area contributed by atoms with Crippen LogP contribution in [0.15, 0.2) is 72.6 Å². The van der Waals surface area contributed by atoms with Crippen molar-refractivity contribution in [1.29, 1.82) is 0 Å². The van der Waals surface area contributed by atoms with Crippen molar-refractivity contribution in [3.05, 3.63) is 83.7 Å². The van der Waals surface area contributed by atoms with Crippen LogP contribution in [0, 0.1) is 12.3 Å². The zero-order valence-electron chi connectivity index (χ0n) is 22.9. The summed E-state index contributed by atoms with van der Waals surface area (Å²) in [5.74, 6) is 1.44. The van der Waals surface area contributed by atoms with Crippen molar-refractivity contribution in [1.82, 2.24) is 10.3 Å². The van der Waals surface area contributed by atoms with Crippen LogP contribution >= 0.6 is 0 Å². The molecule has 200 valence electrons. The van der Waals surface area contributed by atoms with E-state index in [1.165, 1.54) is 11.0 Å². The number of aliphatic hydroxyl groups is 1. The second-order valence-electron chi connectivity index (χ2n) is 10.8. The van der Waals surface area contributed by atoms with E-state index in [0.29, 0.717) is 11.3 Å². The molecule has 3 rings (SSSR count). The maximum absolute atomic E-state index is 14.1. The molecule has 2 atom stereocenters. The van der Waals surface area contributed by atoms with Gasteiger partial charge in [0, 0.05) is 29.7 Å². The van der Waals surface area contributed by atoms with Gasteiger partial charge in [0.15, 0.2) is 6.10 Å². The van der Waals surface area contributed by atoms with E-state index in [0.717, 1.165) is 37.7 Å². The zero-order chi connectivity index (χ0) is 27.7. The molecule has 1 aromatic heterocycles. The van der Waals surface area contributed by atoms with Crippen LogP contribution < -0.4 is 10.2 Å². The highest BCUT2D eigenvalue weighted by Gasteiger charge is 2.37. The summed E-state index contributed by atoms with van der Waals surface area (Å²) < 4.78 is 0. The van der Waals surface area contributed by atoms with Crippen LogP contribution in [0.2, 0.25) is 0 Å². The van der Waals surface area contributed by atoms with E-state index in [9.17, 15) is 14.7 Å². The van der Waals surface area contributed by atoms with Gasteiger partial charge in [-0.05, 0) is 60.6 Å². The Bertz CT molecular complexity index is 1180. The van der Waals surface area contributed by atoms with Crippen LogP contribution in [0.5, 0.6) is 0 Å². The van der Waals surface area contributed by atoms with Crippen molar-refractivity contribution < 1.29 is 14.7 Å². The number of hydrogen-bond acceptors (Lipinski definition) is 4. The molecule has 1 fully saturated rings. The van der Waals surface area contributed by atoms with E-state index in [1.807, 2.05) is 24.3 Å². The third kappa shape index (κ3) is 7.20. The number of amides is 2. The lowest BCUT2D eigenvalue weighted by atomic mass is 9.87. The molecule has 1 saturated carbocycles. The number of aromatic nitrogens is 1. The number of nitrogens with one attached hydrogen (secondary N) is 1. The van der Waals surface area contributed by atoms with E-state index < -0.39 is 18.1 Å². The molecule has 2 amide bonds. The Balaban J connectivity index is 2.13. The van der Waals surface area contributed by atoms with E-state index in [4.69, 9.17) is 6.42 Å². The number of carbonyl (C=O) groups is 2. The molecule has 0 aliphatic heterocycles. The fraction of sp³-hybridized carbons (Fsp3) is 0.406. The van der Waals surface area contributed by atoms with Gasteiger partial charge in [-0.2, -0.15) is 0 Å². The van der Waals surface area contributed by atoms with Crippen molar-refractivity contribution in [3.8, 4) is 12.3 Å². The number of pyridine rings is 1. The second-order valence-corrected chi connectivity index (χ2v) is 10.8. The van der Waals surface area contributed by atoms with E-state index >= 15 is 0 Å². The molecule has 38 heavy (non-hydrogen) atoms. The number of benzene rings is 1. The van der Waals surface area contributed by atoms with Gasteiger partial charge in [-0.15, -0.1) is 6.42 Å². The normalized spacial score (nSPS) is 16.5. The zero-order valence-corrected chi connectivity index (χ0v) is 22.9. The molecule has 1 aliphatic rings. The second kappa shape index (κ2) is 13.2. The van der Waals surface area contributed by atoms with E-state index in [-0.39, 0.29) is 22.9 Å². The smallest absolute Gasteiger partial charge is 0.261 e. The van der Waals surface area contributed by atoms with Gasteiger partial charge in [0.2, 0.25) is 5.91 Å². The maximum atomic E-state index is 14.1. The summed E-state index contributed by atoms with van der Waals surface area (Å²) in [4.78, 5) is 33.6. The summed E-state index contributed by atoms with van der Waals surface area (Å²) in [6, 6.07) is 10.1. The first kappa shape index (κ1) is 28.9. The Labute approximate surface area is 226 Å². The average Bonchev–Trinajstić information content (AvgIpc) is 2.91. The Hall–Kier alpha value is -3.69. The lowest BCUT2D eigenvalue weighted by Gasteiger charge is -2.35. The van der Waals surface area contributed by atoms with Gasteiger partial charge in [-0.25, -0.2) is 0 Å². The fourth-order valence-corrected chi connectivity index (χ4v) is 4.79. The van der Waals surface area contributed by atoms with E-state index in [1.54, 1.807) is 43.6 Å². The first-order chi connectivity index (χ1) is 18.2. The lowest BCUT2D eigenvalue weighted by molar-refractivity contribution is -0.130. The Kier molecular flexibility index (Phi) is 10.0. The largest absolute Gasteiger partial charge is 0.378 e. The van der Waals surface area contributed by atoms with Crippen molar-refractivity contribution in [2.45, 2.75) is 83.4 Å². The maximum Gasteiger partial charge on any atom is 0.261 e. The quantitative estimate of drug-likeness (QED) is 0.366. The van der Waals surface area contributed by atoms with Gasteiger partial charge in [0.1, 0.15) is 6.04 Å². The molecule has 1 unspecified atom stereocenters. The first-order valence-corrected chi connectivity index (χ1v) is 13.3. The van der Waals surface area contributed by atoms with Crippen LogP contribution in [-0.2, 0) is 15.0 Å². The highest BCUT2D eigenvalue weighted by molar-refractivity contribution is 6.04. The van der Waals surface area contributed by atoms with Gasteiger partial charge in [-0.1, -0.05) is 76.3 Å². The van der Waals surface area contributed by atoms with Gasteiger partial charge < -0.3 is 10.4 Å². The highest BCUT2D eigenvalue weighted by atomic mass is 16.3. The summed E-state index contributed by atoms with van der Waals surface area (Å²) in [7, 11) is 0. The number of hydrogen-bond donors (Lipinski definition) is 2. The molecule has 0 spiro atoms. The minimum absolute atomic E-state index is 0.0421. The molecule has 2 aromatic rings. The third-order valence-corrected chi connectivity index (χ3v) is 6.87. The third-order valence-electron chi connectivity index (χ3n) is 6.87. The molecule has 1 aromatic carbocycles. The van der Waals surface area contributed by atoms with Crippen molar-refractivity contribution in [2.75, 3.05) is 4.90 Å². The predicted octanol–water partition coefficient (Wildman–Crippen LogP) is 5.40. The van der Waals surface area contributed by atoms with Gasteiger partial charge in [-0.3, -0.25) is 19.5 Å². The topological polar surface area (TPSA) is 82.5 Å². The summed E-state index contributed by atoms with van der Waals surface area (Å²) in [6.45, 7) is 8.11. The minimum atomic E-state index is -1.56. The molecule has 0 radical (unpaired) electrons.